The Morgan fingerprint density at radius 3 is 2.48 bits per heavy atom. The largest absolute Gasteiger partial charge is 0.481 e. The molecule has 0 aromatic carbocycles. The van der Waals surface area contributed by atoms with Crippen LogP contribution in [0.25, 0.3) is 0 Å². The minimum Gasteiger partial charge on any atom is -0.481 e. The zero-order valence-electron chi connectivity index (χ0n) is 13.3. The van der Waals surface area contributed by atoms with Crippen LogP contribution in [0, 0.1) is 5.41 Å². The molecule has 1 fully saturated rings. The van der Waals surface area contributed by atoms with E-state index in [2.05, 4.69) is 5.32 Å². The number of urea groups is 1. The fourth-order valence-corrected chi connectivity index (χ4v) is 3.17. The topological polar surface area (TPSA) is 89.9 Å². The molecule has 0 aromatic heterocycles. The highest BCUT2D eigenvalue weighted by Crippen LogP contribution is 2.38. The maximum atomic E-state index is 12.5. The fraction of sp³-hybridized carbons (Fsp3) is 0.867. The number of carboxylic acid groups (broad SMARTS) is 1. The summed E-state index contributed by atoms with van der Waals surface area (Å²) in [5.41, 5.74) is -0.894. The van der Waals surface area contributed by atoms with Crippen molar-refractivity contribution in [3.63, 3.8) is 0 Å². The Morgan fingerprint density at radius 1 is 1.38 bits per heavy atom. The van der Waals surface area contributed by atoms with Crippen molar-refractivity contribution in [3.05, 3.63) is 0 Å². The number of carbonyl (C=O) groups is 2. The average molecular weight is 300 g/mol. The average Bonchev–Trinajstić information content (AvgIpc) is 2.81. The van der Waals surface area contributed by atoms with Gasteiger partial charge in [-0.25, -0.2) is 4.79 Å². The lowest BCUT2D eigenvalue weighted by atomic mass is 9.85. The second-order valence-electron chi connectivity index (χ2n) is 6.00. The monoisotopic (exact) mass is 300 g/mol. The van der Waals surface area contributed by atoms with E-state index < -0.39 is 11.4 Å². The SMILES string of the molecule is CCC(CC)N(CCO)C(=O)NC1CCCC1(C)C(=O)O. The van der Waals surface area contributed by atoms with E-state index in [9.17, 15) is 14.7 Å². The molecule has 6 nitrogen and oxygen atoms in total. The van der Waals surface area contributed by atoms with E-state index in [1.807, 2.05) is 13.8 Å². The van der Waals surface area contributed by atoms with Crippen molar-refractivity contribution in [3.8, 4) is 0 Å². The van der Waals surface area contributed by atoms with E-state index in [-0.39, 0.29) is 31.3 Å². The van der Waals surface area contributed by atoms with Gasteiger partial charge in [-0.3, -0.25) is 4.79 Å². The van der Waals surface area contributed by atoms with Gasteiger partial charge in [0.25, 0.3) is 0 Å². The molecule has 2 unspecified atom stereocenters. The summed E-state index contributed by atoms with van der Waals surface area (Å²) in [6, 6.07) is -0.551. The lowest BCUT2D eigenvalue weighted by molar-refractivity contribution is -0.148. The second kappa shape index (κ2) is 7.64. The maximum Gasteiger partial charge on any atom is 0.317 e. The van der Waals surface area contributed by atoms with Gasteiger partial charge in [0.15, 0.2) is 0 Å². The van der Waals surface area contributed by atoms with Crippen LogP contribution >= 0.6 is 0 Å². The van der Waals surface area contributed by atoms with Gasteiger partial charge in [-0.05, 0) is 32.6 Å². The summed E-state index contributed by atoms with van der Waals surface area (Å²) >= 11 is 0. The molecule has 0 aromatic rings. The summed E-state index contributed by atoms with van der Waals surface area (Å²) in [5, 5.41) is 21.4. The Balaban J connectivity index is 2.79. The number of nitrogens with one attached hydrogen (secondary N) is 1. The molecule has 2 amide bonds. The molecule has 2 atom stereocenters. The van der Waals surface area contributed by atoms with Gasteiger partial charge in [-0.1, -0.05) is 20.3 Å². The number of carboxylic acids is 1. The summed E-state index contributed by atoms with van der Waals surface area (Å²) in [6.45, 7) is 5.88. The third-order valence-corrected chi connectivity index (χ3v) is 4.73. The quantitative estimate of drug-likeness (QED) is 0.669. The van der Waals surface area contributed by atoms with Crippen LogP contribution in [0.4, 0.5) is 4.79 Å². The molecule has 0 heterocycles. The van der Waals surface area contributed by atoms with Crippen molar-refractivity contribution in [2.24, 2.45) is 5.41 Å². The predicted octanol–water partition coefficient (Wildman–Crippen LogP) is 1.82. The van der Waals surface area contributed by atoms with E-state index >= 15 is 0 Å². The van der Waals surface area contributed by atoms with E-state index in [0.29, 0.717) is 12.8 Å². The fourth-order valence-electron chi connectivity index (χ4n) is 3.17. The van der Waals surface area contributed by atoms with Crippen LogP contribution in [0.15, 0.2) is 0 Å². The number of amides is 2. The Labute approximate surface area is 126 Å². The van der Waals surface area contributed by atoms with Gasteiger partial charge in [-0.15, -0.1) is 0 Å². The number of hydrogen-bond donors (Lipinski definition) is 3. The molecule has 122 valence electrons. The second-order valence-corrected chi connectivity index (χ2v) is 6.00. The van der Waals surface area contributed by atoms with Crippen LogP contribution in [-0.2, 0) is 4.79 Å². The maximum absolute atomic E-state index is 12.5. The van der Waals surface area contributed by atoms with Crippen LogP contribution < -0.4 is 5.32 Å². The van der Waals surface area contributed by atoms with Crippen molar-refractivity contribution in [1.82, 2.24) is 10.2 Å². The van der Waals surface area contributed by atoms with Gasteiger partial charge in [0.1, 0.15) is 0 Å². The standard InChI is InChI=1S/C15H28N2O4/c1-4-11(5-2)17(9-10-18)14(21)16-12-7-6-8-15(12,3)13(19)20/h11-12,18H,4-10H2,1-3H3,(H,16,21)(H,19,20). The molecule has 21 heavy (non-hydrogen) atoms. The minimum atomic E-state index is -0.894. The normalized spacial score (nSPS) is 25.1. The predicted molar refractivity (Wildman–Crippen MR) is 80.1 cm³/mol. The molecular formula is C15H28N2O4. The molecule has 1 rings (SSSR count). The van der Waals surface area contributed by atoms with Crippen LogP contribution in [0.3, 0.4) is 0 Å². The van der Waals surface area contributed by atoms with Gasteiger partial charge in [0, 0.05) is 18.6 Å². The summed E-state index contributed by atoms with van der Waals surface area (Å²) in [6.07, 6.45) is 3.69. The summed E-state index contributed by atoms with van der Waals surface area (Å²) in [5.74, 6) is -0.860. The number of aliphatic carboxylic acids is 1. The number of hydrogen-bond acceptors (Lipinski definition) is 3. The van der Waals surface area contributed by atoms with Crippen molar-refractivity contribution in [2.45, 2.75) is 65.0 Å². The number of nitrogens with zero attached hydrogens (tertiary/aromatic N) is 1. The Hall–Kier alpha value is -1.30. The lowest BCUT2D eigenvalue weighted by Crippen LogP contribution is -2.54. The highest BCUT2D eigenvalue weighted by molar-refractivity contribution is 5.79. The molecule has 0 saturated heterocycles. The van der Waals surface area contributed by atoms with Crippen molar-refractivity contribution < 1.29 is 19.8 Å². The first-order chi connectivity index (χ1) is 9.90. The van der Waals surface area contributed by atoms with Gasteiger partial charge in [0.05, 0.1) is 12.0 Å². The first-order valence-corrected chi connectivity index (χ1v) is 7.82. The third kappa shape index (κ3) is 3.87. The van der Waals surface area contributed by atoms with Crippen molar-refractivity contribution in [1.29, 1.82) is 0 Å². The van der Waals surface area contributed by atoms with Gasteiger partial charge < -0.3 is 20.4 Å². The zero-order chi connectivity index (χ0) is 16.0. The lowest BCUT2D eigenvalue weighted by Gasteiger charge is -2.34. The molecule has 1 aliphatic carbocycles. The van der Waals surface area contributed by atoms with Gasteiger partial charge in [0.2, 0.25) is 0 Å². The highest BCUT2D eigenvalue weighted by Gasteiger charge is 2.46. The van der Waals surface area contributed by atoms with Crippen LogP contribution in [-0.4, -0.2) is 52.3 Å². The molecule has 1 saturated carbocycles. The minimum absolute atomic E-state index is 0.0645. The summed E-state index contributed by atoms with van der Waals surface area (Å²) in [4.78, 5) is 25.5. The van der Waals surface area contributed by atoms with E-state index in [4.69, 9.17) is 5.11 Å². The first-order valence-electron chi connectivity index (χ1n) is 7.82. The van der Waals surface area contributed by atoms with Crippen LogP contribution in [0.1, 0.15) is 52.9 Å². The molecule has 6 heteroatoms. The van der Waals surface area contributed by atoms with Crippen molar-refractivity contribution >= 4 is 12.0 Å². The molecule has 1 aliphatic rings. The van der Waals surface area contributed by atoms with E-state index in [1.54, 1.807) is 11.8 Å². The number of rotatable bonds is 7. The van der Waals surface area contributed by atoms with Gasteiger partial charge >= 0.3 is 12.0 Å². The molecule has 0 bridgehead atoms. The third-order valence-electron chi connectivity index (χ3n) is 4.73. The van der Waals surface area contributed by atoms with E-state index in [0.717, 1.165) is 19.3 Å². The van der Waals surface area contributed by atoms with E-state index in [1.165, 1.54) is 0 Å². The molecule has 3 N–H and O–H groups in total. The molecule has 0 spiro atoms. The smallest absolute Gasteiger partial charge is 0.317 e. The van der Waals surface area contributed by atoms with Crippen LogP contribution in [0.5, 0.6) is 0 Å². The Bertz CT molecular complexity index is 371. The Kier molecular flexibility index (Phi) is 6.45. The number of aliphatic hydroxyl groups excluding tert-OH is 1. The number of aliphatic hydroxyl groups is 1. The Morgan fingerprint density at radius 2 is 2.00 bits per heavy atom. The molecule has 0 aliphatic heterocycles. The van der Waals surface area contributed by atoms with Crippen molar-refractivity contribution in [2.75, 3.05) is 13.2 Å². The van der Waals surface area contributed by atoms with Crippen LogP contribution in [0.2, 0.25) is 0 Å². The number of carbonyl (C=O) groups excluding carboxylic acids is 1. The zero-order valence-corrected chi connectivity index (χ0v) is 13.3. The highest BCUT2D eigenvalue weighted by atomic mass is 16.4. The summed E-state index contributed by atoms with van der Waals surface area (Å²) in [7, 11) is 0. The first kappa shape index (κ1) is 17.8. The van der Waals surface area contributed by atoms with Gasteiger partial charge in [-0.2, -0.15) is 0 Å². The molecule has 0 radical (unpaired) electrons. The summed E-state index contributed by atoms with van der Waals surface area (Å²) < 4.78 is 0. The molecular weight excluding hydrogens is 272 g/mol.